The second-order valence-electron chi connectivity index (χ2n) is 4.79. The number of hydrogen-bond acceptors (Lipinski definition) is 4. The van der Waals surface area contributed by atoms with Crippen LogP contribution in [0.2, 0.25) is 0 Å². The Bertz CT molecular complexity index is 462. The summed E-state index contributed by atoms with van der Waals surface area (Å²) < 4.78 is 16.3. The summed E-state index contributed by atoms with van der Waals surface area (Å²) in [4.78, 5) is 11.5. The molecule has 20 heavy (non-hydrogen) atoms. The molecule has 0 spiro atoms. The summed E-state index contributed by atoms with van der Waals surface area (Å²) in [6.07, 6.45) is 4.94. The van der Waals surface area contributed by atoms with Gasteiger partial charge < -0.3 is 14.2 Å². The molecule has 0 N–H and O–H groups in total. The molecule has 2 fully saturated rings. The minimum atomic E-state index is -0.353. The molecule has 0 heterocycles. The van der Waals surface area contributed by atoms with Crippen molar-refractivity contribution >= 4 is 5.97 Å². The molecule has 2 aliphatic rings. The van der Waals surface area contributed by atoms with Crippen molar-refractivity contribution in [1.29, 1.82) is 0 Å². The van der Waals surface area contributed by atoms with Gasteiger partial charge in [0.2, 0.25) is 0 Å². The van der Waals surface area contributed by atoms with E-state index in [0.717, 1.165) is 31.4 Å². The highest BCUT2D eigenvalue weighted by Crippen LogP contribution is 2.37. The zero-order valence-electron chi connectivity index (χ0n) is 12.3. The largest absolute Gasteiger partial charge is 0.487 e. The second kappa shape index (κ2) is 6.64. The van der Waals surface area contributed by atoms with Gasteiger partial charge in [-0.15, -0.1) is 0 Å². The minimum absolute atomic E-state index is 0.277. The van der Waals surface area contributed by atoms with E-state index in [2.05, 4.69) is 0 Å². The minimum Gasteiger partial charge on any atom is -0.487 e. The number of esters is 1. The Labute approximate surface area is 120 Å². The third-order valence-corrected chi connectivity index (χ3v) is 3.00. The monoisotopic (exact) mass is 278 g/mol. The van der Waals surface area contributed by atoms with Crippen molar-refractivity contribution in [2.75, 3.05) is 7.11 Å². The van der Waals surface area contributed by atoms with E-state index in [1.165, 1.54) is 7.11 Å². The van der Waals surface area contributed by atoms with Gasteiger partial charge in [0.25, 0.3) is 0 Å². The first-order valence-corrected chi connectivity index (χ1v) is 7.32. The molecule has 0 aliphatic heterocycles. The summed E-state index contributed by atoms with van der Waals surface area (Å²) in [5, 5.41) is 0. The molecule has 0 aromatic heterocycles. The number of ether oxygens (including phenoxy) is 3. The summed E-state index contributed by atoms with van der Waals surface area (Å²) in [5.74, 6) is 1.04. The molecular formula is C16H22O4. The molecule has 1 aromatic rings. The maximum atomic E-state index is 11.5. The molecule has 0 saturated heterocycles. The lowest BCUT2D eigenvalue weighted by Crippen LogP contribution is -2.06. The van der Waals surface area contributed by atoms with Crippen LogP contribution in [0.25, 0.3) is 0 Å². The zero-order valence-corrected chi connectivity index (χ0v) is 12.3. The second-order valence-corrected chi connectivity index (χ2v) is 4.79. The first-order valence-electron chi connectivity index (χ1n) is 7.32. The lowest BCUT2D eigenvalue weighted by Gasteiger charge is -2.13. The lowest BCUT2D eigenvalue weighted by atomic mass is 10.2. The van der Waals surface area contributed by atoms with Crippen molar-refractivity contribution < 1.29 is 19.0 Å². The molecule has 2 saturated carbocycles. The van der Waals surface area contributed by atoms with E-state index < -0.39 is 0 Å². The first-order chi connectivity index (χ1) is 9.76. The first kappa shape index (κ1) is 14.7. The fourth-order valence-corrected chi connectivity index (χ4v) is 1.67. The average molecular weight is 278 g/mol. The van der Waals surface area contributed by atoms with Gasteiger partial charge in [-0.25, -0.2) is 4.79 Å². The molecule has 4 nitrogen and oxygen atoms in total. The number of methoxy groups -OCH3 is 1. The molecule has 0 atom stereocenters. The highest BCUT2D eigenvalue weighted by molar-refractivity contribution is 5.90. The van der Waals surface area contributed by atoms with Crippen LogP contribution in [0, 0.1) is 0 Å². The Balaban J connectivity index is 0.000000704. The summed E-state index contributed by atoms with van der Waals surface area (Å²) in [6, 6.07) is 5.22. The number of rotatable bonds is 5. The van der Waals surface area contributed by atoms with Crippen LogP contribution in [-0.2, 0) is 4.74 Å². The molecule has 1 aromatic carbocycles. The van der Waals surface area contributed by atoms with Crippen LogP contribution in [0.15, 0.2) is 18.2 Å². The Morgan fingerprint density at radius 2 is 1.55 bits per heavy atom. The van der Waals surface area contributed by atoms with Gasteiger partial charge in [-0.05, 0) is 43.9 Å². The van der Waals surface area contributed by atoms with E-state index in [1.807, 2.05) is 13.8 Å². The third kappa shape index (κ3) is 3.89. The average Bonchev–Trinajstić information content (AvgIpc) is 3.37. The molecule has 0 amide bonds. The van der Waals surface area contributed by atoms with Crippen LogP contribution in [0.1, 0.15) is 49.9 Å². The molecule has 110 valence electrons. The number of benzene rings is 1. The van der Waals surface area contributed by atoms with Crippen molar-refractivity contribution in [3.63, 3.8) is 0 Å². The summed E-state index contributed by atoms with van der Waals surface area (Å²) in [7, 11) is 1.37. The Morgan fingerprint density at radius 3 is 2.05 bits per heavy atom. The molecule has 2 aliphatic carbocycles. The Morgan fingerprint density at radius 1 is 1.00 bits per heavy atom. The lowest BCUT2D eigenvalue weighted by molar-refractivity contribution is 0.0600. The van der Waals surface area contributed by atoms with Gasteiger partial charge in [-0.2, -0.15) is 0 Å². The highest BCUT2D eigenvalue weighted by Gasteiger charge is 2.28. The van der Waals surface area contributed by atoms with Crippen LogP contribution in [0.4, 0.5) is 0 Å². The van der Waals surface area contributed by atoms with Crippen LogP contribution >= 0.6 is 0 Å². The van der Waals surface area contributed by atoms with E-state index in [9.17, 15) is 4.79 Å². The number of hydrogen-bond donors (Lipinski definition) is 0. The van der Waals surface area contributed by atoms with Crippen LogP contribution in [0.3, 0.4) is 0 Å². The molecule has 0 unspecified atom stereocenters. The van der Waals surface area contributed by atoms with Gasteiger partial charge in [0, 0.05) is 0 Å². The molecule has 0 radical (unpaired) electrons. The fourth-order valence-electron chi connectivity index (χ4n) is 1.67. The molecular weight excluding hydrogens is 256 g/mol. The predicted molar refractivity (Wildman–Crippen MR) is 76.4 cm³/mol. The van der Waals surface area contributed by atoms with Gasteiger partial charge in [0.05, 0.1) is 24.9 Å². The van der Waals surface area contributed by atoms with Gasteiger partial charge in [0.1, 0.15) is 0 Å². The van der Waals surface area contributed by atoms with Gasteiger partial charge in [-0.1, -0.05) is 13.8 Å². The van der Waals surface area contributed by atoms with Gasteiger partial charge >= 0.3 is 5.97 Å². The maximum absolute atomic E-state index is 11.5. The van der Waals surface area contributed by atoms with E-state index >= 15 is 0 Å². The SMILES string of the molecule is CC.COC(=O)c1ccc(OC2CC2)c(OC2CC2)c1. The van der Waals surface area contributed by atoms with Crippen molar-refractivity contribution in [2.24, 2.45) is 0 Å². The Hall–Kier alpha value is -1.71. The van der Waals surface area contributed by atoms with Crippen LogP contribution in [0.5, 0.6) is 11.5 Å². The van der Waals surface area contributed by atoms with E-state index in [4.69, 9.17) is 14.2 Å². The smallest absolute Gasteiger partial charge is 0.337 e. The molecule has 4 heteroatoms. The zero-order chi connectivity index (χ0) is 14.5. The molecule has 3 rings (SSSR count). The summed E-state index contributed by atoms with van der Waals surface area (Å²) >= 11 is 0. The van der Waals surface area contributed by atoms with E-state index in [1.54, 1.807) is 18.2 Å². The van der Waals surface area contributed by atoms with Crippen molar-refractivity contribution in [2.45, 2.75) is 51.7 Å². The number of carbonyl (C=O) groups is 1. The van der Waals surface area contributed by atoms with Gasteiger partial charge in [0.15, 0.2) is 11.5 Å². The topological polar surface area (TPSA) is 44.8 Å². The van der Waals surface area contributed by atoms with Crippen molar-refractivity contribution in [1.82, 2.24) is 0 Å². The van der Waals surface area contributed by atoms with E-state index in [-0.39, 0.29) is 12.1 Å². The standard InChI is InChI=1S/C14H16O4.C2H6/c1-16-14(15)9-2-7-12(17-10-3-4-10)13(8-9)18-11-5-6-11;1-2/h2,7-8,10-11H,3-6H2,1H3;1-2H3. The fraction of sp³-hybridized carbons (Fsp3) is 0.562. The molecule has 0 bridgehead atoms. The summed E-state index contributed by atoms with van der Waals surface area (Å²) in [5.41, 5.74) is 0.497. The maximum Gasteiger partial charge on any atom is 0.337 e. The van der Waals surface area contributed by atoms with E-state index in [0.29, 0.717) is 17.4 Å². The quantitative estimate of drug-likeness (QED) is 0.772. The number of carbonyl (C=O) groups excluding carboxylic acids is 1. The normalized spacial score (nSPS) is 16.8. The van der Waals surface area contributed by atoms with Crippen molar-refractivity contribution in [3.05, 3.63) is 23.8 Å². The van der Waals surface area contributed by atoms with Crippen LogP contribution < -0.4 is 9.47 Å². The van der Waals surface area contributed by atoms with Crippen LogP contribution in [-0.4, -0.2) is 25.3 Å². The highest BCUT2D eigenvalue weighted by atomic mass is 16.5. The summed E-state index contributed by atoms with van der Waals surface area (Å²) in [6.45, 7) is 4.00. The van der Waals surface area contributed by atoms with Crippen molar-refractivity contribution in [3.8, 4) is 11.5 Å². The Kier molecular flexibility index (Phi) is 4.88. The predicted octanol–water partition coefficient (Wildman–Crippen LogP) is 3.58. The van der Waals surface area contributed by atoms with Gasteiger partial charge in [-0.3, -0.25) is 0 Å². The third-order valence-electron chi connectivity index (χ3n) is 3.00.